The van der Waals surface area contributed by atoms with Crippen molar-refractivity contribution in [2.75, 3.05) is 0 Å². The molecule has 0 saturated heterocycles. The van der Waals surface area contributed by atoms with Crippen LogP contribution in [0.4, 0.5) is 0 Å². The first-order chi connectivity index (χ1) is 5.75. The Bertz CT molecular complexity index is 265. The minimum absolute atomic E-state index is 0.416. The molecule has 2 nitrogen and oxygen atoms in total. The Kier molecular flexibility index (Phi) is 3.44. The molecule has 0 radical (unpaired) electrons. The molecule has 64 valence electrons. The fourth-order valence-corrected chi connectivity index (χ4v) is 1.81. The van der Waals surface area contributed by atoms with Crippen LogP contribution in [0.3, 0.4) is 0 Å². The van der Waals surface area contributed by atoms with E-state index in [0.29, 0.717) is 0 Å². The van der Waals surface area contributed by atoms with Gasteiger partial charge in [-0.3, -0.25) is 4.79 Å². The van der Waals surface area contributed by atoms with Crippen molar-refractivity contribution < 1.29 is 4.79 Å². The predicted molar refractivity (Wildman–Crippen MR) is 51.8 cm³/mol. The first-order valence-electron chi connectivity index (χ1n) is 3.37. The molecule has 1 aromatic carbocycles. The van der Waals surface area contributed by atoms with Crippen molar-refractivity contribution >= 4 is 27.6 Å². The third kappa shape index (κ3) is 2.16. The van der Waals surface area contributed by atoms with Crippen LogP contribution in [-0.2, 0) is 4.79 Å². The van der Waals surface area contributed by atoms with Gasteiger partial charge in [-0.2, -0.15) is 0 Å². The second kappa shape index (κ2) is 4.38. The first-order valence-corrected chi connectivity index (χ1v) is 5.08. The van der Waals surface area contributed by atoms with Gasteiger partial charge in [0, 0.05) is 0 Å². The molecule has 0 aliphatic carbocycles. The summed E-state index contributed by atoms with van der Waals surface area (Å²) in [5, 5.41) is -0.451. The number of amides is 1. The molecule has 0 bridgehead atoms. The standard InChI is InChI=1S/C8H8ClNOS/c9-12-7(8(10)11)6-4-2-1-3-5-6/h1-5,7H,(H2,10,11). The van der Waals surface area contributed by atoms with Gasteiger partial charge in [0.05, 0.1) is 0 Å². The highest BCUT2D eigenvalue weighted by Crippen LogP contribution is 2.30. The van der Waals surface area contributed by atoms with E-state index in [1.54, 1.807) is 0 Å². The largest absolute Gasteiger partial charge is 0.368 e. The van der Waals surface area contributed by atoms with Crippen LogP contribution >= 0.6 is 21.7 Å². The van der Waals surface area contributed by atoms with Crippen LogP contribution in [0.15, 0.2) is 30.3 Å². The molecule has 1 unspecified atom stereocenters. The number of rotatable bonds is 3. The van der Waals surface area contributed by atoms with Crippen molar-refractivity contribution in [1.82, 2.24) is 0 Å². The van der Waals surface area contributed by atoms with E-state index >= 15 is 0 Å². The normalized spacial score (nSPS) is 12.4. The van der Waals surface area contributed by atoms with Gasteiger partial charge in [-0.05, 0) is 27.2 Å². The van der Waals surface area contributed by atoms with E-state index in [0.717, 1.165) is 16.5 Å². The Morgan fingerprint density at radius 1 is 1.42 bits per heavy atom. The van der Waals surface area contributed by atoms with E-state index < -0.39 is 11.2 Å². The molecular weight excluding hydrogens is 194 g/mol. The molecule has 1 aromatic rings. The van der Waals surface area contributed by atoms with Crippen molar-refractivity contribution in [3.05, 3.63) is 35.9 Å². The Morgan fingerprint density at radius 3 is 2.42 bits per heavy atom. The molecule has 0 saturated carbocycles. The fourth-order valence-electron chi connectivity index (χ4n) is 0.887. The van der Waals surface area contributed by atoms with Gasteiger partial charge in [0.1, 0.15) is 5.25 Å². The summed E-state index contributed by atoms with van der Waals surface area (Å²) in [6.45, 7) is 0. The van der Waals surface area contributed by atoms with Crippen LogP contribution in [0.25, 0.3) is 0 Å². The Balaban J connectivity index is 2.88. The lowest BCUT2D eigenvalue weighted by Gasteiger charge is -2.07. The molecule has 0 fully saturated rings. The molecule has 1 rings (SSSR count). The molecule has 4 heteroatoms. The molecule has 2 N–H and O–H groups in total. The van der Waals surface area contributed by atoms with Crippen molar-refractivity contribution in [3.8, 4) is 0 Å². The first kappa shape index (κ1) is 9.42. The monoisotopic (exact) mass is 201 g/mol. The third-order valence-corrected chi connectivity index (χ3v) is 2.67. The van der Waals surface area contributed by atoms with Crippen molar-refractivity contribution in [2.24, 2.45) is 5.73 Å². The minimum Gasteiger partial charge on any atom is -0.368 e. The molecule has 1 atom stereocenters. The second-order valence-corrected chi connectivity index (χ2v) is 3.47. The van der Waals surface area contributed by atoms with Crippen molar-refractivity contribution in [3.63, 3.8) is 0 Å². The van der Waals surface area contributed by atoms with Crippen LogP contribution in [0.2, 0.25) is 0 Å². The molecule has 0 spiro atoms. The Morgan fingerprint density at radius 2 is 2.00 bits per heavy atom. The summed E-state index contributed by atoms with van der Waals surface area (Å²) < 4.78 is 0. The van der Waals surface area contributed by atoms with E-state index in [4.69, 9.17) is 16.4 Å². The van der Waals surface area contributed by atoms with Crippen LogP contribution in [0.5, 0.6) is 0 Å². The average Bonchev–Trinajstić information content (AvgIpc) is 2.07. The quantitative estimate of drug-likeness (QED) is 0.814. The van der Waals surface area contributed by atoms with Crippen LogP contribution in [0, 0.1) is 0 Å². The van der Waals surface area contributed by atoms with E-state index in [2.05, 4.69) is 0 Å². The molecule has 0 heterocycles. The van der Waals surface area contributed by atoms with E-state index in [9.17, 15) is 4.79 Å². The highest BCUT2D eigenvalue weighted by molar-refractivity contribution is 8.21. The highest BCUT2D eigenvalue weighted by Gasteiger charge is 2.16. The van der Waals surface area contributed by atoms with Crippen LogP contribution in [0.1, 0.15) is 10.8 Å². The lowest BCUT2D eigenvalue weighted by Crippen LogP contribution is -2.17. The molecule has 0 aromatic heterocycles. The number of carbonyl (C=O) groups is 1. The van der Waals surface area contributed by atoms with E-state index in [1.807, 2.05) is 30.3 Å². The zero-order valence-corrected chi connectivity index (χ0v) is 7.81. The average molecular weight is 202 g/mol. The molecule has 12 heavy (non-hydrogen) atoms. The van der Waals surface area contributed by atoms with Gasteiger partial charge in [-0.25, -0.2) is 0 Å². The summed E-state index contributed by atoms with van der Waals surface area (Å²) in [5.74, 6) is -0.416. The van der Waals surface area contributed by atoms with Gasteiger partial charge in [0.15, 0.2) is 0 Å². The van der Waals surface area contributed by atoms with Gasteiger partial charge in [-0.15, -0.1) is 0 Å². The molecular formula is C8H8ClNOS. The molecule has 0 aliphatic rings. The number of hydrogen-bond acceptors (Lipinski definition) is 2. The summed E-state index contributed by atoms with van der Waals surface area (Å²) in [7, 11) is 6.44. The summed E-state index contributed by atoms with van der Waals surface area (Å²) in [5.41, 5.74) is 5.97. The zero-order valence-electron chi connectivity index (χ0n) is 6.24. The topological polar surface area (TPSA) is 43.1 Å². The number of carbonyl (C=O) groups excluding carboxylic acids is 1. The number of nitrogens with two attached hydrogens (primary N) is 1. The number of benzene rings is 1. The molecule has 1 amide bonds. The fraction of sp³-hybridized carbons (Fsp3) is 0.125. The minimum atomic E-state index is -0.451. The van der Waals surface area contributed by atoms with Gasteiger partial charge in [-0.1, -0.05) is 30.3 Å². The van der Waals surface area contributed by atoms with Crippen LogP contribution in [-0.4, -0.2) is 5.91 Å². The zero-order chi connectivity index (χ0) is 8.97. The summed E-state index contributed by atoms with van der Waals surface area (Å²) in [6, 6.07) is 9.22. The van der Waals surface area contributed by atoms with Gasteiger partial charge in [0.25, 0.3) is 0 Å². The smallest absolute Gasteiger partial charge is 0.236 e. The lowest BCUT2D eigenvalue weighted by atomic mass is 10.1. The summed E-state index contributed by atoms with van der Waals surface area (Å²) >= 11 is 0. The maximum atomic E-state index is 10.8. The van der Waals surface area contributed by atoms with Crippen molar-refractivity contribution in [1.29, 1.82) is 0 Å². The summed E-state index contributed by atoms with van der Waals surface area (Å²) in [4.78, 5) is 10.8. The van der Waals surface area contributed by atoms with Gasteiger partial charge < -0.3 is 5.73 Å². The number of hydrogen-bond donors (Lipinski definition) is 1. The Hall–Kier alpha value is -0.670. The van der Waals surface area contributed by atoms with E-state index in [-0.39, 0.29) is 0 Å². The van der Waals surface area contributed by atoms with Gasteiger partial charge in [0.2, 0.25) is 5.91 Å². The highest BCUT2D eigenvalue weighted by atomic mass is 35.7. The SMILES string of the molecule is NC(=O)C(SCl)c1ccccc1. The Labute approximate surface area is 79.6 Å². The third-order valence-electron chi connectivity index (χ3n) is 1.45. The maximum absolute atomic E-state index is 10.8. The summed E-state index contributed by atoms with van der Waals surface area (Å²) in [6.07, 6.45) is 0. The lowest BCUT2D eigenvalue weighted by molar-refractivity contribution is -0.117. The van der Waals surface area contributed by atoms with Crippen LogP contribution < -0.4 is 5.73 Å². The predicted octanol–water partition coefficient (Wildman–Crippen LogP) is 2.10. The van der Waals surface area contributed by atoms with Crippen molar-refractivity contribution in [2.45, 2.75) is 5.25 Å². The number of halogens is 1. The molecule has 0 aliphatic heterocycles. The van der Waals surface area contributed by atoms with Gasteiger partial charge >= 0.3 is 0 Å². The maximum Gasteiger partial charge on any atom is 0.236 e. The second-order valence-electron chi connectivity index (χ2n) is 2.28. The number of primary amides is 1. The van der Waals surface area contributed by atoms with E-state index in [1.165, 1.54) is 0 Å².